The molecule has 2 N–H and O–H groups in total. The fraction of sp³-hybridized carbons (Fsp3) is 0.467. The van der Waals surface area contributed by atoms with Crippen molar-refractivity contribution in [1.29, 1.82) is 0 Å². The second kappa shape index (κ2) is 5.67. The second-order valence-electron chi connectivity index (χ2n) is 6.61. The third-order valence-electron chi connectivity index (χ3n) is 4.53. The van der Waals surface area contributed by atoms with E-state index in [9.17, 15) is 4.79 Å². The minimum atomic E-state index is -0.417. The van der Waals surface area contributed by atoms with E-state index in [-0.39, 0.29) is 22.1 Å². The average molecular weight is 456 g/mol. The predicted molar refractivity (Wildman–Crippen MR) is 99.1 cm³/mol. The van der Waals surface area contributed by atoms with Crippen LogP contribution in [0.3, 0.4) is 0 Å². The highest BCUT2D eigenvalue weighted by atomic mass is 127. The van der Waals surface area contributed by atoms with Crippen LogP contribution in [0, 0.1) is 3.57 Å². The van der Waals surface area contributed by atoms with E-state index in [4.69, 9.17) is 5.73 Å². The van der Waals surface area contributed by atoms with E-state index in [1.165, 1.54) is 3.57 Å². The lowest BCUT2D eigenvalue weighted by Crippen LogP contribution is -2.65. The van der Waals surface area contributed by atoms with E-state index >= 15 is 0 Å². The van der Waals surface area contributed by atoms with E-state index in [1.54, 1.807) is 16.4 Å². The van der Waals surface area contributed by atoms with Crippen molar-refractivity contribution >= 4 is 40.3 Å². The Morgan fingerprint density at radius 2 is 2.04 bits per heavy atom. The van der Waals surface area contributed by atoms with Gasteiger partial charge in [-0.1, -0.05) is 12.1 Å². The van der Waals surface area contributed by atoms with Gasteiger partial charge in [0.1, 0.15) is 17.5 Å². The molecule has 24 heavy (non-hydrogen) atoms. The fourth-order valence-corrected chi connectivity index (χ4v) is 5.28. The molecule has 0 spiro atoms. The molecule has 0 radical (unpaired) electrons. The van der Waals surface area contributed by atoms with Crippen LogP contribution in [0.1, 0.15) is 31.3 Å². The highest BCUT2D eigenvalue weighted by Crippen LogP contribution is 2.56. The van der Waals surface area contributed by atoms with Gasteiger partial charge in [-0.3, -0.25) is 4.79 Å². The van der Waals surface area contributed by atoms with Gasteiger partial charge >= 0.3 is 0 Å². The van der Waals surface area contributed by atoms with Crippen LogP contribution in [0.5, 0.6) is 0 Å². The zero-order valence-electron chi connectivity index (χ0n) is 13.3. The summed E-state index contributed by atoms with van der Waals surface area (Å²) in [7, 11) is 0. The van der Waals surface area contributed by atoms with Crippen LogP contribution in [0.15, 0.2) is 24.3 Å². The molecule has 2 aliphatic heterocycles. The lowest BCUT2D eigenvalue weighted by atomic mass is 9.95. The molecule has 1 aromatic carbocycles. The lowest BCUT2D eigenvalue weighted by molar-refractivity contribution is -0.147. The number of benzene rings is 1. The first-order valence-electron chi connectivity index (χ1n) is 7.64. The topological polar surface area (TPSA) is 89.9 Å². The average Bonchev–Trinajstić information content (AvgIpc) is 3.09. The molecule has 7 nitrogen and oxygen atoms in total. The summed E-state index contributed by atoms with van der Waals surface area (Å²) < 4.78 is 2.78. The summed E-state index contributed by atoms with van der Waals surface area (Å²) in [5.41, 5.74) is 7.07. The molecule has 3 heterocycles. The number of halogens is 1. The Labute approximate surface area is 157 Å². The van der Waals surface area contributed by atoms with Crippen LogP contribution in [-0.2, 0) is 11.3 Å². The molecule has 2 unspecified atom stereocenters. The van der Waals surface area contributed by atoms with Crippen molar-refractivity contribution in [1.82, 2.24) is 25.1 Å². The number of thioether (sulfide) groups is 1. The number of tetrazole rings is 1. The van der Waals surface area contributed by atoms with E-state index in [0.29, 0.717) is 12.4 Å². The Morgan fingerprint density at radius 1 is 1.33 bits per heavy atom. The molecule has 1 amide bonds. The number of amides is 1. The Balaban J connectivity index is 1.66. The smallest absolute Gasteiger partial charge is 0.244 e. The van der Waals surface area contributed by atoms with Crippen molar-refractivity contribution in [3.8, 4) is 0 Å². The van der Waals surface area contributed by atoms with Crippen LogP contribution in [0.2, 0.25) is 0 Å². The maximum atomic E-state index is 12.3. The summed E-state index contributed by atoms with van der Waals surface area (Å²) in [6.45, 7) is 4.81. The third kappa shape index (κ3) is 2.44. The number of carbonyl (C=O) groups is 1. The van der Waals surface area contributed by atoms with E-state index in [1.807, 2.05) is 4.90 Å². The largest absolute Gasteiger partial charge is 0.317 e. The summed E-state index contributed by atoms with van der Waals surface area (Å²) in [5, 5.41) is 12.3. The van der Waals surface area contributed by atoms with Crippen molar-refractivity contribution < 1.29 is 4.79 Å². The van der Waals surface area contributed by atoms with Crippen LogP contribution in [-0.4, -0.2) is 47.2 Å². The first-order chi connectivity index (χ1) is 11.4. The summed E-state index contributed by atoms with van der Waals surface area (Å²) in [4.78, 5) is 14.1. The van der Waals surface area contributed by atoms with E-state index < -0.39 is 6.04 Å². The lowest BCUT2D eigenvalue weighted by Gasteiger charge is -2.42. The highest BCUT2D eigenvalue weighted by molar-refractivity contribution is 14.1. The monoisotopic (exact) mass is 456 g/mol. The van der Waals surface area contributed by atoms with Gasteiger partial charge in [-0.2, -0.15) is 0 Å². The van der Waals surface area contributed by atoms with Crippen LogP contribution < -0.4 is 5.73 Å². The number of hydrogen-bond acceptors (Lipinski definition) is 6. The molecule has 0 bridgehead atoms. The van der Waals surface area contributed by atoms with Crippen molar-refractivity contribution in [3.63, 3.8) is 0 Å². The van der Waals surface area contributed by atoms with Gasteiger partial charge in [0.05, 0.1) is 6.54 Å². The van der Waals surface area contributed by atoms with Gasteiger partial charge in [-0.05, 0) is 64.6 Å². The number of carbonyl (C=O) groups excluding carboxylic acids is 1. The van der Waals surface area contributed by atoms with Crippen LogP contribution in [0.4, 0.5) is 0 Å². The van der Waals surface area contributed by atoms with Crippen molar-refractivity contribution in [2.75, 3.05) is 0 Å². The van der Waals surface area contributed by atoms with Crippen LogP contribution >= 0.6 is 34.4 Å². The Bertz CT molecular complexity index is 792. The molecule has 2 aromatic rings. The predicted octanol–water partition coefficient (Wildman–Crippen LogP) is 1.39. The Kier molecular flexibility index (Phi) is 3.84. The molecule has 4 rings (SSSR count). The first-order valence-corrected chi connectivity index (χ1v) is 9.60. The molecule has 0 aliphatic carbocycles. The van der Waals surface area contributed by atoms with Gasteiger partial charge in [-0.15, -0.1) is 16.9 Å². The molecule has 2 aliphatic rings. The summed E-state index contributed by atoms with van der Waals surface area (Å²) in [5.74, 6) is 0.695. The number of aromatic nitrogens is 4. The second-order valence-corrected chi connectivity index (χ2v) is 9.62. The zero-order valence-corrected chi connectivity index (χ0v) is 16.2. The molecule has 3 atom stereocenters. The number of nitrogens with two attached hydrogens (primary N) is 1. The summed E-state index contributed by atoms with van der Waals surface area (Å²) in [6, 6.07) is 7.66. The van der Waals surface area contributed by atoms with Gasteiger partial charge in [0.15, 0.2) is 5.82 Å². The van der Waals surface area contributed by atoms with Crippen LogP contribution in [0.25, 0.3) is 0 Å². The minimum absolute atomic E-state index is 0.0148. The maximum absolute atomic E-state index is 12.3. The molecular formula is C15H17IN6OS. The molecule has 2 saturated heterocycles. The summed E-state index contributed by atoms with van der Waals surface area (Å²) in [6.07, 6.45) is 0. The van der Waals surface area contributed by atoms with Crippen molar-refractivity contribution in [2.24, 2.45) is 5.73 Å². The normalized spacial score (nSPS) is 27.9. The maximum Gasteiger partial charge on any atom is 0.244 e. The molecular weight excluding hydrogens is 439 g/mol. The number of nitrogens with zero attached hydrogens (tertiary/aromatic N) is 5. The number of hydrogen-bond donors (Lipinski definition) is 1. The Hall–Kier alpha value is -1.20. The minimum Gasteiger partial charge on any atom is -0.317 e. The molecule has 9 heteroatoms. The van der Waals surface area contributed by atoms with Gasteiger partial charge in [0.2, 0.25) is 5.91 Å². The Morgan fingerprint density at radius 3 is 2.75 bits per heavy atom. The van der Waals surface area contributed by atoms with Gasteiger partial charge in [0, 0.05) is 8.32 Å². The standard InChI is InChI=1S/C15H17IN6OS/c1-15(2)11(22-13(23)10(17)14(22)24-15)12-18-19-20-21(12)7-8-3-5-9(16)6-4-8/h3-6,10-11,14H,7,17H2,1-2H3/t10?,11?,14-/m1/s1. The van der Waals surface area contributed by atoms with E-state index in [0.717, 1.165) is 5.56 Å². The first kappa shape index (κ1) is 16.3. The third-order valence-corrected chi connectivity index (χ3v) is 6.84. The van der Waals surface area contributed by atoms with Gasteiger partial charge < -0.3 is 10.6 Å². The molecule has 126 valence electrons. The van der Waals surface area contributed by atoms with Gasteiger partial charge in [-0.25, -0.2) is 4.68 Å². The van der Waals surface area contributed by atoms with Gasteiger partial charge in [0.25, 0.3) is 0 Å². The molecule has 1 aromatic heterocycles. The summed E-state index contributed by atoms with van der Waals surface area (Å²) >= 11 is 4.00. The fourth-order valence-electron chi connectivity index (χ4n) is 3.34. The number of fused-ring (bicyclic) bond motifs is 1. The number of rotatable bonds is 3. The van der Waals surface area contributed by atoms with Crippen molar-refractivity contribution in [2.45, 2.75) is 42.6 Å². The zero-order chi connectivity index (χ0) is 17.1. The quantitative estimate of drug-likeness (QED) is 0.555. The van der Waals surface area contributed by atoms with E-state index in [2.05, 4.69) is 76.2 Å². The highest BCUT2D eigenvalue weighted by Gasteiger charge is 2.61. The number of β-lactam (4-membered cyclic amide) rings is 1. The van der Waals surface area contributed by atoms with Crippen molar-refractivity contribution in [3.05, 3.63) is 39.2 Å². The SMILES string of the molecule is CC1(C)S[C@@H]2C(N)C(=O)N2C1c1nnnn1Cc1ccc(I)cc1. The molecule has 2 fully saturated rings. The molecule has 0 saturated carbocycles.